The van der Waals surface area contributed by atoms with Crippen LogP contribution >= 0.6 is 11.6 Å². The summed E-state index contributed by atoms with van der Waals surface area (Å²) in [4.78, 5) is 10.3. The Hall–Kier alpha value is -1.97. The molecule has 0 heterocycles. The average molecular weight is 205 g/mol. The number of amides is 1. The third-order valence-corrected chi connectivity index (χ3v) is 1.73. The van der Waals surface area contributed by atoms with Crippen LogP contribution in [0.3, 0.4) is 0 Å². The molecule has 0 radical (unpaired) electrons. The van der Waals surface area contributed by atoms with Crippen molar-refractivity contribution in [2.24, 2.45) is 5.73 Å². The highest BCUT2D eigenvalue weighted by molar-refractivity contribution is 6.31. The van der Waals surface area contributed by atoms with Crippen molar-refractivity contribution in [2.45, 2.75) is 0 Å². The Labute approximate surface area is 86.1 Å². The third kappa shape index (κ3) is 2.52. The van der Waals surface area contributed by atoms with Crippen molar-refractivity contribution in [1.82, 2.24) is 0 Å². The van der Waals surface area contributed by atoms with E-state index >= 15 is 0 Å². The van der Waals surface area contributed by atoms with E-state index in [2.05, 4.69) is 11.8 Å². The molecule has 68 valence electrons. The van der Waals surface area contributed by atoms with Gasteiger partial charge in [-0.15, -0.1) is 0 Å². The Morgan fingerprint density at radius 3 is 2.71 bits per heavy atom. The number of benzene rings is 1. The van der Waals surface area contributed by atoms with Gasteiger partial charge < -0.3 is 5.73 Å². The topological polar surface area (TPSA) is 66.9 Å². The number of carbonyl (C=O) groups is 1. The Bertz CT molecular complexity index is 477. The van der Waals surface area contributed by atoms with Crippen LogP contribution in [-0.4, -0.2) is 5.91 Å². The van der Waals surface area contributed by atoms with E-state index < -0.39 is 5.91 Å². The van der Waals surface area contributed by atoms with Gasteiger partial charge in [-0.1, -0.05) is 17.5 Å². The summed E-state index contributed by atoms with van der Waals surface area (Å²) < 4.78 is 0. The Morgan fingerprint density at radius 2 is 2.21 bits per heavy atom. The first kappa shape index (κ1) is 10.1. The van der Waals surface area contributed by atoms with Crippen LogP contribution in [-0.2, 0) is 4.79 Å². The smallest absolute Gasteiger partial charge is 0.293 e. The summed E-state index contributed by atoms with van der Waals surface area (Å²) in [5.41, 5.74) is 5.76. The van der Waals surface area contributed by atoms with Gasteiger partial charge in [0.15, 0.2) is 0 Å². The van der Waals surface area contributed by atoms with Crippen LogP contribution in [0.1, 0.15) is 11.1 Å². The number of carbonyl (C=O) groups excluding carboxylic acids is 1. The van der Waals surface area contributed by atoms with E-state index in [1.54, 1.807) is 6.07 Å². The number of nitrogens with two attached hydrogens (primary N) is 1. The van der Waals surface area contributed by atoms with Gasteiger partial charge in [0, 0.05) is 5.56 Å². The van der Waals surface area contributed by atoms with Crippen molar-refractivity contribution in [2.75, 3.05) is 0 Å². The number of hydrogen-bond acceptors (Lipinski definition) is 2. The summed E-state index contributed by atoms with van der Waals surface area (Å²) in [5.74, 6) is 3.99. The molecule has 0 saturated heterocycles. The van der Waals surface area contributed by atoms with Gasteiger partial charge in [-0.25, -0.2) is 0 Å². The number of hydrogen-bond donors (Lipinski definition) is 1. The quantitative estimate of drug-likeness (QED) is 0.642. The maximum Gasteiger partial charge on any atom is 0.293 e. The summed E-state index contributed by atoms with van der Waals surface area (Å²) in [7, 11) is 0. The lowest BCUT2D eigenvalue weighted by Gasteiger charge is -1.94. The summed E-state index contributed by atoms with van der Waals surface area (Å²) in [6.45, 7) is 0. The lowest BCUT2D eigenvalue weighted by atomic mass is 10.1. The molecule has 1 amide bonds. The molecule has 0 atom stereocenters. The molecule has 0 unspecified atom stereocenters. The molecule has 3 nitrogen and oxygen atoms in total. The first-order valence-electron chi connectivity index (χ1n) is 3.64. The van der Waals surface area contributed by atoms with Crippen LogP contribution in [0.4, 0.5) is 0 Å². The zero-order chi connectivity index (χ0) is 10.6. The minimum Gasteiger partial charge on any atom is -0.359 e. The van der Waals surface area contributed by atoms with Crippen LogP contribution < -0.4 is 5.73 Å². The average Bonchev–Trinajstić information content (AvgIpc) is 2.15. The molecule has 0 bridgehead atoms. The summed E-state index contributed by atoms with van der Waals surface area (Å²) in [6, 6.07) is 6.56. The van der Waals surface area contributed by atoms with E-state index in [1.807, 2.05) is 6.07 Å². The Morgan fingerprint density at radius 1 is 1.50 bits per heavy atom. The molecule has 1 aromatic carbocycles. The van der Waals surface area contributed by atoms with Crippen molar-refractivity contribution in [1.29, 1.82) is 5.26 Å². The van der Waals surface area contributed by atoms with E-state index in [0.717, 1.165) is 0 Å². The summed E-state index contributed by atoms with van der Waals surface area (Å²) in [5, 5.41) is 8.89. The first-order chi connectivity index (χ1) is 6.63. The monoisotopic (exact) mass is 204 g/mol. The second-order valence-corrected chi connectivity index (χ2v) is 2.83. The van der Waals surface area contributed by atoms with E-state index in [9.17, 15) is 4.79 Å². The molecular weight excluding hydrogens is 200 g/mol. The number of halogens is 1. The minimum absolute atomic E-state index is 0.309. The van der Waals surface area contributed by atoms with E-state index in [1.165, 1.54) is 12.1 Å². The highest BCUT2D eigenvalue weighted by Gasteiger charge is 1.98. The maximum atomic E-state index is 10.3. The summed E-state index contributed by atoms with van der Waals surface area (Å²) >= 11 is 5.74. The molecule has 2 N–H and O–H groups in total. The fourth-order valence-corrected chi connectivity index (χ4v) is 1.04. The molecule has 4 heteroatoms. The van der Waals surface area contributed by atoms with Crippen LogP contribution in [0.5, 0.6) is 0 Å². The molecule has 14 heavy (non-hydrogen) atoms. The Balaban J connectivity index is 3.07. The minimum atomic E-state index is -0.703. The lowest BCUT2D eigenvalue weighted by Crippen LogP contribution is -2.06. The molecular formula is C10H5ClN2O. The highest BCUT2D eigenvalue weighted by atomic mass is 35.5. The zero-order valence-corrected chi connectivity index (χ0v) is 7.80. The predicted octanol–water partition coefficient (Wildman–Crippen LogP) is 1.05. The number of primary amides is 1. The molecule has 0 fully saturated rings. The van der Waals surface area contributed by atoms with Crippen LogP contribution in [0.25, 0.3) is 0 Å². The maximum absolute atomic E-state index is 10.3. The third-order valence-electron chi connectivity index (χ3n) is 1.42. The zero-order valence-electron chi connectivity index (χ0n) is 7.04. The lowest BCUT2D eigenvalue weighted by molar-refractivity contribution is -0.112. The van der Waals surface area contributed by atoms with E-state index in [0.29, 0.717) is 16.1 Å². The van der Waals surface area contributed by atoms with Crippen molar-refractivity contribution < 1.29 is 4.79 Å². The molecule has 0 aromatic heterocycles. The number of nitriles is 1. The molecule has 1 rings (SSSR count). The SMILES string of the molecule is N#Cc1ccc(C#CC(N)=O)cc1Cl. The standard InChI is InChI=1S/C10H5ClN2O/c11-9-5-7(2-4-10(13)14)1-3-8(9)6-12/h1,3,5H,(H2,13,14). The van der Waals surface area contributed by atoms with Gasteiger partial charge in [-0.05, 0) is 24.1 Å². The summed E-state index contributed by atoms with van der Waals surface area (Å²) in [6.07, 6.45) is 0. The Kier molecular flexibility index (Phi) is 3.12. The first-order valence-corrected chi connectivity index (χ1v) is 4.02. The van der Waals surface area contributed by atoms with Gasteiger partial charge in [0.1, 0.15) is 6.07 Å². The van der Waals surface area contributed by atoms with Crippen molar-refractivity contribution >= 4 is 17.5 Å². The fraction of sp³-hybridized carbons (Fsp3) is 0. The second kappa shape index (κ2) is 4.32. The largest absolute Gasteiger partial charge is 0.359 e. The van der Waals surface area contributed by atoms with Crippen LogP contribution in [0, 0.1) is 23.2 Å². The van der Waals surface area contributed by atoms with Crippen molar-refractivity contribution in [3.63, 3.8) is 0 Å². The molecule has 0 aliphatic rings. The van der Waals surface area contributed by atoms with Crippen LogP contribution in [0.15, 0.2) is 18.2 Å². The molecule has 0 spiro atoms. The van der Waals surface area contributed by atoms with E-state index in [4.69, 9.17) is 22.6 Å². The van der Waals surface area contributed by atoms with Crippen LogP contribution in [0.2, 0.25) is 5.02 Å². The molecule has 1 aromatic rings. The normalized spacial score (nSPS) is 8.29. The fourth-order valence-electron chi connectivity index (χ4n) is 0.817. The van der Waals surface area contributed by atoms with Crippen molar-refractivity contribution in [3.05, 3.63) is 34.3 Å². The number of nitrogens with zero attached hydrogens (tertiary/aromatic N) is 1. The van der Waals surface area contributed by atoms with Gasteiger partial charge in [0.25, 0.3) is 5.91 Å². The molecule has 0 aliphatic carbocycles. The van der Waals surface area contributed by atoms with Gasteiger partial charge >= 0.3 is 0 Å². The molecule has 0 aliphatic heterocycles. The predicted molar refractivity (Wildman–Crippen MR) is 52.2 cm³/mol. The molecule has 0 saturated carbocycles. The van der Waals surface area contributed by atoms with E-state index in [-0.39, 0.29) is 0 Å². The highest BCUT2D eigenvalue weighted by Crippen LogP contribution is 2.16. The van der Waals surface area contributed by atoms with Crippen molar-refractivity contribution in [3.8, 4) is 17.9 Å². The second-order valence-electron chi connectivity index (χ2n) is 2.42. The van der Waals surface area contributed by atoms with Gasteiger partial charge in [-0.3, -0.25) is 4.79 Å². The van der Waals surface area contributed by atoms with Gasteiger partial charge in [0.05, 0.1) is 10.6 Å². The van der Waals surface area contributed by atoms with Gasteiger partial charge in [-0.2, -0.15) is 5.26 Å². The number of rotatable bonds is 0. The van der Waals surface area contributed by atoms with Gasteiger partial charge in [0.2, 0.25) is 0 Å².